The van der Waals surface area contributed by atoms with Crippen LogP contribution in [0.25, 0.3) is 5.76 Å². The Morgan fingerprint density at radius 1 is 1.13 bits per heavy atom. The number of aliphatic hydroxyl groups excluding tert-OH is 2. The number of amides is 1. The summed E-state index contributed by atoms with van der Waals surface area (Å²) in [6.07, 6.45) is 6.50. The van der Waals surface area contributed by atoms with Crippen molar-refractivity contribution in [3.05, 3.63) is 57.4 Å². The van der Waals surface area contributed by atoms with Gasteiger partial charge >= 0.3 is 0 Å². The van der Waals surface area contributed by atoms with Gasteiger partial charge in [-0.25, -0.2) is 0 Å². The molecule has 1 saturated carbocycles. The molecule has 4 atom stereocenters. The zero-order chi connectivity index (χ0) is 28.2. The molecule has 39 heavy (non-hydrogen) atoms. The molecule has 4 aliphatic carbocycles. The molecule has 1 amide bonds. The number of nitrogens with zero attached hydrogens (tertiary/aromatic N) is 1. The highest BCUT2D eigenvalue weighted by atomic mass is 16.3. The van der Waals surface area contributed by atoms with Gasteiger partial charge in [0.1, 0.15) is 22.8 Å². The fourth-order valence-corrected chi connectivity index (χ4v) is 6.57. The van der Waals surface area contributed by atoms with Crippen LogP contribution in [0.3, 0.4) is 0 Å². The number of carbonyl (C=O) groups excluding carboxylic acids is 3. The Bertz CT molecular complexity index is 1460. The second-order valence-corrected chi connectivity index (χ2v) is 10.9. The van der Waals surface area contributed by atoms with Crippen molar-refractivity contribution in [2.75, 3.05) is 21.1 Å². The quantitative estimate of drug-likeness (QED) is 0.287. The number of allylic oxidation sites excluding steroid dienone is 2. The van der Waals surface area contributed by atoms with E-state index in [-0.39, 0.29) is 29.7 Å². The van der Waals surface area contributed by atoms with Crippen molar-refractivity contribution in [2.45, 2.75) is 50.2 Å². The molecular weight excluding hydrogens is 500 g/mol. The molecule has 0 radical (unpaired) electrons. The summed E-state index contributed by atoms with van der Waals surface area (Å²) in [6, 6.07) is 2.01. The van der Waals surface area contributed by atoms with Crippen LogP contribution in [0.2, 0.25) is 0 Å². The number of phenols is 1. The fraction of sp³-hybridized carbons (Fsp3) is 0.433. The molecule has 1 fully saturated rings. The molecule has 204 valence electrons. The molecule has 9 heteroatoms. The summed E-state index contributed by atoms with van der Waals surface area (Å²) in [4.78, 5) is 41.4. The molecule has 4 aliphatic rings. The molecule has 5 N–H and O–H groups in total. The number of hydrogen-bond acceptors (Lipinski definition) is 8. The van der Waals surface area contributed by atoms with Gasteiger partial charge in [-0.15, -0.1) is 0 Å². The lowest BCUT2D eigenvalue weighted by atomic mass is 9.57. The Kier molecular flexibility index (Phi) is 6.65. The molecule has 0 aliphatic heterocycles. The van der Waals surface area contributed by atoms with Gasteiger partial charge < -0.3 is 25.7 Å². The van der Waals surface area contributed by atoms with Crippen molar-refractivity contribution in [3.63, 3.8) is 0 Å². The maximum Gasteiger partial charge on any atom is 0.258 e. The summed E-state index contributed by atoms with van der Waals surface area (Å²) < 4.78 is 0. The minimum atomic E-state index is -2.61. The third kappa shape index (κ3) is 3.98. The van der Waals surface area contributed by atoms with Crippen molar-refractivity contribution in [1.29, 1.82) is 0 Å². The van der Waals surface area contributed by atoms with Crippen LogP contribution in [0.4, 0.5) is 0 Å². The first kappa shape index (κ1) is 26.7. The zero-order valence-electron chi connectivity index (χ0n) is 22.2. The monoisotopic (exact) mass is 532 g/mol. The average Bonchev–Trinajstić information content (AvgIpc) is 2.90. The van der Waals surface area contributed by atoms with Crippen LogP contribution in [-0.2, 0) is 20.8 Å². The first-order chi connectivity index (χ1) is 18.5. The number of phenolic OH excluding ortho intramolecular Hbond substituents is 1. The molecule has 0 bridgehead atoms. The summed E-state index contributed by atoms with van der Waals surface area (Å²) >= 11 is 0. The Hall–Kier alpha value is -3.87. The third-order valence-electron chi connectivity index (χ3n) is 8.46. The highest BCUT2D eigenvalue weighted by Crippen LogP contribution is 2.52. The van der Waals surface area contributed by atoms with E-state index in [0.717, 1.165) is 31.3 Å². The highest BCUT2D eigenvalue weighted by molar-refractivity contribution is 6.24. The number of aromatic hydroxyl groups is 1. The third-order valence-corrected chi connectivity index (χ3v) is 8.46. The molecule has 9 nitrogen and oxygen atoms in total. The van der Waals surface area contributed by atoms with E-state index in [1.807, 2.05) is 0 Å². The van der Waals surface area contributed by atoms with Crippen LogP contribution < -0.4 is 5.32 Å². The molecule has 0 spiro atoms. The molecule has 1 aromatic rings. The van der Waals surface area contributed by atoms with E-state index in [0.29, 0.717) is 11.1 Å². The standard InChI is InChI=1S/C30H32N2O7/c1-31-29(38)23-26(35)24(32(2)3)19-14-17-13-18-16(10-9-15-7-5-4-6-8-15)11-12-20(33)22(18)25(34)21(17)27(36)30(19,39)28(23)37/h7,11-12,17,19,24,33-34,37,39H,4-6,8,13-14H2,1-3H3,(H,31,38). The van der Waals surface area contributed by atoms with Crippen LogP contribution in [0.1, 0.15) is 48.8 Å². The lowest BCUT2D eigenvalue weighted by molar-refractivity contribution is -0.153. The Balaban J connectivity index is 1.67. The van der Waals surface area contributed by atoms with Crippen LogP contribution >= 0.6 is 0 Å². The molecular formula is C30H32N2O7. The lowest BCUT2D eigenvalue weighted by Gasteiger charge is -2.50. The number of fused-ring (bicyclic) bond motifs is 3. The van der Waals surface area contributed by atoms with E-state index in [2.05, 4.69) is 23.2 Å². The normalized spacial score (nSPS) is 28.2. The van der Waals surface area contributed by atoms with Gasteiger partial charge in [0.05, 0.1) is 11.6 Å². The molecule has 0 heterocycles. The van der Waals surface area contributed by atoms with E-state index in [4.69, 9.17) is 0 Å². The van der Waals surface area contributed by atoms with Gasteiger partial charge in [-0.3, -0.25) is 19.3 Å². The minimum Gasteiger partial charge on any atom is -0.508 e. The van der Waals surface area contributed by atoms with Gasteiger partial charge in [-0.2, -0.15) is 0 Å². The first-order valence-electron chi connectivity index (χ1n) is 13.1. The van der Waals surface area contributed by atoms with E-state index in [1.165, 1.54) is 18.0 Å². The molecule has 5 rings (SSSR count). The van der Waals surface area contributed by atoms with Crippen molar-refractivity contribution >= 4 is 23.2 Å². The Labute approximate surface area is 226 Å². The van der Waals surface area contributed by atoms with Crippen LogP contribution in [-0.4, -0.2) is 75.6 Å². The second-order valence-electron chi connectivity index (χ2n) is 10.9. The average molecular weight is 533 g/mol. The van der Waals surface area contributed by atoms with E-state index in [1.54, 1.807) is 20.2 Å². The summed E-state index contributed by atoms with van der Waals surface area (Å²) in [5, 5.41) is 47.2. The van der Waals surface area contributed by atoms with Crippen molar-refractivity contribution < 1.29 is 34.8 Å². The Morgan fingerprint density at radius 2 is 1.87 bits per heavy atom. The van der Waals surface area contributed by atoms with Crippen molar-refractivity contribution in [3.8, 4) is 17.6 Å². The molecule has 4 unspecified atom stereocenters. The number of likely N-dealkylation sites (N-methyl/N-ethyl adjacent to an activating group) is 2. The van der Waals surface area contributed by atoms with Gasteiger partial charge in [0.15, 0.2) is 11.4 Å². The largest absolute Gasteiger partial charge is 0.508 e. The number of hydrogen-bond donors (Lipinski definition) is 5. The molecule has 0 aromatic heterocycles. The summed E-state index contributed by atoms with van der Waals surface area (Å²) in [6.45, 7) is 0. The van der Waals surface area contributed by atoms with Crippen LogP contribution in [0, 0.1) is 23.7 Å². The van der Waals surface area contributed by atoms with E-state index >= 15 is 0 Å². The number of carbonyl (C=O) groups is 3. The zero-order valence-corrected chi connectivity index (χ0v) is 22.2. The number of rotatable bonds is 2. The maximum absolute atomic E-state index is 14.0. The Morgan fingerprint density at radius 3 is 2.51 bits per heavy atom. The van der Waals surface area contributed by atoms with Crippen molar-refractivity contribution in [1.82, 2.24) is 10.2 Å². The maximum atomic E-state index is 14.0. The van der Waals surface area contributed by atoms with Gasteiger partial charge in [0.25, 0.3) is 5.91 Å². The van der Waals surface area contributed by atoms with Crippen molar-refractivity contribution in [2.24, 2.45) is 11.8 Å². The summed E-state index contributed by atoms with van der Waals surface area (Å²) in [7, 11) is 4.47. The number of benzene rings is 1. The predicted octanol–water partition coefficient (Wildman–Crippen LogP) is 2.08. The number of Topliss-reactive ketones (excluding diaryl/α,β-unsaturated/α-hetero) is 2. The number of ketones is 2. The molecule has 1 aromatic carbocycles. The van der Waals surface area contributed by atoms with Crippen LogP contribution in [0.5, 0.6) is 5.75 Å². The molecule has 0 saturated heterocycles. The highest BCUT2D eigenvalue weighted by Gasteiger charge is 2.64. The predicted molar refractivity (Wildman–Crippen MR) is 143 cm³/mol. The topological polar surface area (TPSA) is 147 Å². The van der Waals surface area contributed by atoms with Gasteiger partial charge in [0, 0.05) is 24.1 Å². The van der Waals surface area contributed by atoms with E-state index < -0.39 is 58.0 Å². The minimum absolute atomic E-state index is 0.0621. The second kappa shape index (κ2) is 9.70. The lowest BCUT2D eigenvalue weighted by Crippen LogP contribution is -2.65. The first-order valence-corrected chi connectivity index (χ1v) is 13.1. The number of aliphatic hydroxyl groups is 3. The van der Waals surface area contributed by atoms with Gasteiger partial charge in [-0.05, 0) is 81.8 Å². The SMILES string of the molecule is CNC(=O)C1=C(O)C2(O)C(=O)C3=C(O)c4c(O)ccc(C#CC5=CCCCC5)c4CC3CC2C(N(C)C)C1=O. The number of nitrogens with one attached hydrogen (secondary N) is 1. The fourth-order valence-electron chi connectivity index (χ4n) is 6.57. The summed E-state index contributed by atoms with van der Waals surface area (Å²) in [5.74, 6) is 0.314. The summed E-state index contributed by atoms with van der Waals surface area (Å²) in [5.41, 5.74) is -1.14. The van der Waals surface area contributed by atoms with Crippen LogP contribution in [0.15, 0.2) is 40.7 Å². The van der Waals surface area contributed by atoms with Gasteiger partial charge in [-0.1, -0.05) is 17.9 Å². The smallest absolute Gasteiger partial charge is 0.258 e. The van der Waals surface area contributed by atoms with Gasteiger partial charge in [0.2, 0.25) is 5.78 Å². The van der Waals surface area contributed by atoms with E-state index in [9.17, 15) is 34.8 Å².